The summed E-state index contributed by atoms with van der Waals surface area (Å²) in [4.78, 5) is 20.7. The van der Waals surface area contributed by atoms with Crippen molar-refractivity contribution in [2.24, 2.45) is 0 Å². The maximum absolute atomic E-state index is 11.8. The Morgan fingerprint density at radius 1 is 1.10 bits per heavy atom. The number of amides is 1. The Balaban J connectivity index is 1.41. The summed E-state index contributed by atoms with van der Waals surface area (Å²) in [7, 11) is 3.12. The molecule has 2 aliphatic rings. The van der Waals surface area contributed by atoms with Gasteiger partial charge in [0.15, 0.2) is 0 Å². The van der Waals surface area contributed by atoms with Gasteiger partial charge < -0.3 is 29.6 Å². The van der Waals surface area contributed by atoms with E-state index in [-0.39, 0.29) is 36.8 Å². The molecule has 4 rings (SSSR count). The van der Waals surface area contributed by atoms with Gasteiger partial charge in [0.1, 0.15) is 24.6 Å². The van der Waals surface area contributed by atoms with Crippen molar-refractivity contribution in [3.8, 4) is 17.0 Å². The van der Waals surface area contributed by atoms with E-state index < -0.39 is 0 Å². The van der Waals surface area contributed by atoms with Gasteiger partial charge in [0.05, 0.1) is 38.1 Å². The average Bonchev–Trinajstić information content (AvgIpc) is 3.32. The molecule has 0 aliphatic carbocycles. The monoisotopic (exact) mass is 400 g/mol. The Bertz CT molecular complexity index is 847. The van der Waals surface area contributed by atoms with Crippen LogP contribution in [0.2, 0.25) is 0 Å². The normalized spacial score (nSPS) is 25.4. The average molecular weight is 400 g/mol. The quantitative estimate of drug-likeness (QED) is 0.705. The number of benzene rings is 1. The molecule has 0 saturated carbocycles. The molecule has 1 amide bonds. The molecule has 0 radical (unpaired) electrons. The first-order valence-electron chi connectivity index (χ1n) is 9.43. The molecule has 4 atom stereocenters. The van der Waals surface area contributed by atoms with Crippen LogP contribution in [-0.4, -0.2) is 74.2 Å². The molecule has 0 spiro atoms. The Morgan fingerprint density at radius 2 is 1.83 bits per heavy atom. The van der Waals surface area contributed by atoms with E-state index in [9.17, 15) is 4.79 Å². The number of hydrogen-bond acceptors (Lipinski definition) is 8. The summed E-state index contributed by atoms with van der Waals surface area (Å²) in [5.74, 6) is 1.11. The van der Waals surface area contributed by atoms with Crippen molar-refractivity contribution < 1.29 is 23.7 Å². The Labute approximate surface area is 168 Å². The van der Waals surface area contributed by atoms with Crippen molar-refractivity contribution >= 4 is 11.9 Å². The van der Waals surface area contributed by atoms with Gasteiger partial charge in [0, 0.05) is 18.9 Å². The molecule has 3 heterocycles. The largest absolute Gasteiger partial charge is 0.497 e. The second-order valence-corrected chi connectivity index (χ2v) is 6.95. The van der Waals surface area contributed by atoms with Crippen LogP contribution in [0.15, 0.2) is 36.5 Å². The highest BCUT2D eigenvalue weighted by atomic mass is 16.6. The van der Waals surface area contributed by atoms with E-state index in [1.165, 1.54) is 7.11 Å². The van der Waals surface area contributed by atoms with Crippen molar-refractivity contribution in [2.45, 2.75) is 24.3 Å². The van der Waals surface area contributed by atoms with E-state index in [0.717, 1.165) is 17.0 Å². The molecule has 1 aromatic carbocycles. The third kappa shape index (κ3) is 4.31. The summed E-state index contributed by atoms with van der Waals surface area (Å²) in [6, 6.07) is 9.25. The van der Waals surface area contributed by atoms with Gasteiger partial charge in [0.25, 0.3) is 0 Å². The molecule has 1 aromatic heterocycles. The highest BCUT2D eigenvalue weighted by Gasteiger charge is 2.48. The van der Waals surface area contributed by atoms with E-state index >= 15 is 0 Å². The van der Waals surface area contributed by atoms with Gasteiger partial charge >= 0.3 is 0 Å². The highest BCUT2D eigenvalue weighted by molar-refractivity contribution is 5.77. The summed E-state index contributed by atoms with van der Waals surface area (Å²) in [5.41, 5.74) is 1.77. The van der Waals surface area contributed by atoms with E-state index in [1.54, 1.807) is 13.3 Å². The predicted octanol–water partition coefficient (Wildman–Crippen LogP) is 0.862. The molecule has 0 unspecified atom stereocenters. The third-order valence-electron chi connectivity index (χ3n) is 5.03. The SMILES string of the molecule is COCC(=O)N[C@H]1CO[C@H]2[C@@H]1OC[C@@H]2Nc1nccc(-c2ccc(OC)cc2)n1. The fourth-order valence-electron chi connectivity index (χ4n) is 3.64. The van der Waals surface area contributed by atoms with E-state index in [4.69, 9.17) is 18.9 Å². The molecule has 2 aliphatic heterocycles. The maximum atomic E-state index is 11.8. The van der Waals surface area contributed by atoms with Gasteiger partial charge in [-0.3, -0.25) is 4.79 Å². The minimum Gasteiger partial charge on any atom is -0.497 e. The smallest absolute Gasteiger partial charge is 0.246 e. The van der Waals surface area contributed by atoms with E-state index in [0.29, 0.717) is 19.2 Å². The fraction of sp³-hybridized carbons (Fsp3) is 0.450. The van der Waals surface area contributed by atoms with Crippen LogP contribution < -0.4 is 15.4 Å². The Kier molecular flexibility index (Phi) is 5.89. The van der Waals surface area contributed by atoms with Gasteiger partial charge in [-0.2, -0.15) is 0 Å². The zero-order chi connectivity index (χ0) is 20.2. The first-order chi connectivity index (χ1) is 14.2. The number of ether oxygens (including phenoxy) is 4. The summed E-state index contributed by atoms with van der Waals surface area (Å²) >= 11 is 0. The lowest BCUT2D eigenvalue weighted by molar-refractivity contribution is -0.126. The number of fused-ring (bicyclic) bond motifs is 1. The first-order valence-corrected chi connectivity index (χ1v) is 9.43. The zero-order valence-corrected chi connectivity index (χ0v) is 16.3. The zero-order valence-electron chi connectivity index (χ0n) is 16.3. The number of methoxy groups -OCH3 is 2. The van der Waals surface area contributed by atoms with Gasteiger partial charge in [-0.25, -0.2) is 9.97 Å². The lowest BCUT2D eigenvalue weighted by Crippen LogP contribution is -2.45. The number of anilines is 1. The van der Waals surface area contributed by atoms with Crippen LogP contribution in [0.1, 0.15) is 0 Å². The highest BCUT2D eigenvalue weighted by Crippen LogP contribution is 2.29. The molecule has 2 fully saturated rings. The van der Waals surface area contributed by atoms with Crippen LogP contribution in [0.25, 0.3) is 11.3 Å². The Morgan fingerprint density at radius 3 is 2.55 bits per heavy atom. The van der Waals surface area contributed by atoms with Crippen LogP contribution >= 0.6 is 0 Å². The summed E-state index contributed by atoms with van der Waals surface area (Å²) < 4.78 is 21.8. The number of carbonyl (C=O) groups is 1. The van der Waals surface area contributed by atoms with Crippen molar-refractivity contribution in [1.29, 1.82) is 0 Å². The second kappa shape index (κ2) is 8.73. The molecular formula is C20H24N4O5. The topological polar surface area (TPSA) is 104 Å². The van der Waals surface area contributed by atoms with Crippen molar-refractivity contribution in [2.75, 3.05) is 39.4 Å². The first kappa shape index (κ1) is 19.6. The predicted molar refractivity (Wildman–Crippen MR) is 105 cm³/mol. The van der Waals surface area contributed by atoms with E-state index in [1.807, 2.05) is 30.3 Å². The lowest BCUT2D eigenvalue weighted by Gasteiger charge is -2.18. The van der Waals surface area contributed by atoms with Crippen LogP contribution in [-0.2, 0) is 19.0 Å². The van der Waals surface area contributed by atoms with Crippen LogP contribution in [0.5, 0.6) is 5.75 Å². The molecule has 2 N–H and O–H groups in total. The molecular weight excluding hydrogens is 376 g/mol. The van der Waals surface area contributed by atoms with Gasteiger partial charge in [0.2, 0.25) is 11.9 Å². The minimum absolute atomic E-state index is 0.0154. The minimum atomic E-state index is -0.210. The number of rotatable bonds is 7. The fourth-order valence-corrected chi connectivity index (χ4v) is 3.64. The number of hydrogen-bond donors (Lipinski definition) is 2. The van der Waals surface area contributed by atoms with Crippen LogP contribution in [0.4, 0.5) is 5.95 Å². The lowest BCUT2D eigenvalue weighted by atomic mass is 10.1. The number of nitrogens with one attached hydrogen (secondary N) is 2. The molecule has 9 nitrogen and oxygen atoms in total. The van der Waals surface area contributed by atoms with Gasteiger partial charge in [-0.15, -0.1) is 0 Å². The second-order valence-electron chi connectivity index (χ2n) is 6.95. The van der Waals surface area contributed by atoms with E-state index in [2.05, 4.69) is 20.6 Å². The Hall–Kier alpha value is -2.75. The van der Waals surface area contributed by atoms with Gasteiger partial charge in [-0.05, 0) is 30.3 Å². The molecule has 29 heavy (non-hydrogen) atoms. The van der Waals surface area contributed by atoms with Gasteiger partial charge in [-0.1, -0.05) is 0 Å². The third-order valence-corrected chi connectivity index (χ3v) is 5.03. The van der Waals surface area contributed by atoms with Crippen molar-refractivity contribution in [3.05, 3.63) is 36.5 Å². The summed E-state index contributed by atoms with van der Waals surface area (Å²) in [5, 5.41) is 6.20. The number of nitrogens with zero attached hydrogens (tertiary/aromatic N) is 2. The van der Waals surface area contributed by atoms with Crippen molar-refractivity contribution in [1.82, 2.24) is 15.3 Å². The molecule has 2 aromatic rings. The van der Waals surface area contributed by atoms with Crippen LogP contribution in [0.3, 0.4) is 0 Å². The summed E-state index contributed by atoms with van der Waals surface area (Å²) in [6.07, 6.45) is 1.32. The molecule has 9 heteroatoms. The number of aromatic nitrogens is 2. The molecule has 154 valence electrons. The standard InChI is InChI=1S/C20H24N4O5/c1-26-11-17(25)22-15-9-28-19-16(10-29-18(15)19)24-20-21-8-7-14(23-20)12-3-5-13(27-2)6-4-12/h3-8,15-16,18-19H,9-11H2,1-2H3,(H,22,25)(H,21,23,24)/t15-,16-,18+,19+/m0/s1. The van der Waals surface area contributed by atoms with Crippen LogP contribution in [0, 0.1) is 0 Å². The number of carbonyl (C=O) groups excluding carboxylic acids is 1. The van der Waals surface area contributed by atoms with Crippen molar-refractivity contribution in [3.63, 3.8) is 0 Å². The molecule has 0 bridgehead atoms. The molecule has 2 saturated heterocycles. The maximum Gasteiger partial charge on any atom is 0.246 e. The summed E-state index contributed by atoms with van der Waals surface area (Å²) in [6.45, 7) is 0.860.